The fraction of sp³-hybridized carbons (Fsp3) is 0.222. The van der Waals surface area contributed by atoms with Gasteiger partial charge in [-0.2, -0.15) is 0 Å². The first-order chi connectivity index (χ1) is 6.50. The molecule has 5 heteroatoms. The SMILES string of the molecule is Nc1ccc(F)cc1C(N)CC(=O)O. The van der Waals surface area contributed by atoms with E-state index in [2.05, 4.69) is 0 Å². The predicted octanol–water partition coefficient (Wildman–Crippen LogP) is 0.882. The van der Waals surface area contributed by atoms with Gasteiger partial charge in [-0.1, -0.05) is 0 Å². The minimum Gasteiger partial charge on any atom is -0.481 e. The molecule has 0 aliphatic rings. The summed E-state index contributed by atoms with van der Waals surface area (Å²) in [5.74, 6) is -1.52. The highest BCUT2D eigenvalue weighted by atomic mass is 19.1. The van der Waals surface area contributed by atoms with E-state index in [1.54, 1.807) is 0 Å². The van der Waals surface area contributed by atoms with Crippen molar-refractivity contribution >= 4 is 11.7 Å². The van der Waals surface area contributed by atoms with Crippen LogP contribution in [0.4, 0.5) is 10.1 Å². The van der Waals surface area contributed by atoms with Gasteiger partial charge in [0, 0.05) is 11.7 Å². The Hall–Kier alpha value is -1.62. The average Bonchev–Trinajstić information content (AvgIpc) is 2.08. The van der Waals surface area contributed by atoms with Gasteiger partial charge in [-0.15, -0.1) is 0 Å². The van der Waals surface area contributed by atoms with Crippen LogP contribution in [0.15, 0.2) is 18.2 Å². The third-order valence-corrected chi connectivity index (χ3v) is 1.84. The number of nitrogens with two attached hydrogens (primary N) is 2. The number of aliphatic carboxylic acids is 1. The number of carboxylic acids is 1. The number of benzene rings is 1. The third kappa shape index (κ3) is 2.43. The first-order valence-electron chi connectivity index (χ1n) is 4.03. The van der Waals surface area contributed by atoms with Gasteiger partial charge in [-0.05, 0) is 23.8 Å². The molecule has 14 heavy (non-hydrogen) atoms. The molecule has 4 nitrogen and oxygen atoms in total. The second-order valence-corrected chi connectivity index (χ2v) is 2.98. The van der Waals surface area contributed by atoms with Crippen molar-refractivity contribution in [2.24, 2.45) is 5.73 Å². The molecular formula is C9H11FN2O2. The number of hydrogen-bond donors (Lipinski definition) is 3. The van der Waals surface area contributed by atoms with E-state index in [1.165, 1.54) is 12.1 Å². The molecule has 0 bridgehead atoms. The number of carbonyl (C=O) groups is 1. The van der Waals surface area contributed by atoms with Crippen LogP contribution in [-0.2, 0) is 4.79 Å². The quantitative estimate of drug-likeness (QED) is 0.629. The molecule has 1 aromatic carbocycles. The molecule has 76 valence electrons. The summed E-state index contributed by atoms with van der Waals surface area (Å²) >= 11 is 0. The standard InChI is InChI=1S/C9H11FN2O2/c10-5-1-2-7(11)6(3-5)8(12)4-9(13)14/h1-3,8H,4,11-12H2,(H,13,14). The predicted molar refractivity (Wildman–Crippen MR) is 50.0 cm³/mol. The van der Waals surface area contributed by atoms with E-state index in [0.29, 0.717) is 11.3 Å². The molecule has 0 aliphatic carbocycles. The number of nitrogen functional groups attached to an aromatic ring is 1. The van der Waals surface area contributed by atoms with Crippen molar-refractivity contribution in [1.29, 1.82) is 0 Å². The summed E-state index contributed by atoms with van der Waals surface area (Å²) in [7, 11) is 0. The lowest BCUT2D eigenvalue weighted by Crippen LogP contribution is -2.16. The van der Waals surface area contributed by atoms with Crippen molar-refractivity contribution in [3.63, 3.8) is 0 Å². The molecule has 1 rings (SSSR count). The van der Waals surface area contributed by atoms with Crippen molar-refractivity contribution in [2.45, 2.75) is 12.5 Å². The van der Waals surface area contributed by atoms with E-state index in [-0.39, 0.29) is 6.42 Å². The molecule has 0 aromatic heterocycles. The Labute approximate surface area is 80.3 Å². The van der Waals surface area contributed by atoms with Crippen molar-refractivity contribution in [3.8, 4) is 0 Å². The van der Waals surface area contributed by atoms with Crippen molar-refractivity contribution in [3.05, 3.63) is 29.6 Å². The Morgan fingerprint density at radius 2 is 2.21 bits per heavy atom. The Kier molecular flexibility index (Phi) is 3.03. The first-order valence-corrected chi connectivity index (χ1v) is 4.03. The van der Waals surface area contributed by atoms with Gasteiger partial charge in [-0.3, -0.25) is 4.79 Å². The van der Waals surface area contributed by atoms with Crippen LogP contribution in [-0.4, -0.2) is 11.1 Å². The van der Waals surface area contributed by atoms with Crippen molar-refractivity contribution < 1.29 is 14.3 Å². The second-order valence-electron chi connectivity index (χ2n) is 2.98. The Morgan fingerprint density at radius 3 is 2.79 bits per heavy atom. The van der Waals surface area contributed by atoms with E-state index in [1.807, 2.05) is 0 Å². The van der Waals surface area contributed by atoms with E-state index in [9.17, 15) is 9.18 Å². The number of anilines is 1. The van der Waals surface area contributed by atoms with Crippen molar-refractivity contribution in [2.75, 3.05) is 5.73 Å². The van der Waals surface area contributed by atoms with Crippen LogP contribution in [0.3, 0.4) is 0 Å². The van der Waals surface area contributed by atoms with Crippen LogP contribution >= 0.6 is 0 Å². The molecule has 0 aliphatic heterocycles. The van der Waals surface area contributed by atoms with Crippen LogP contribution in [0, 0.1) is 5.82 Å². The van der Waals surface area contributed by atoms with Gasteiger partial charge in [0.1, 0.15) is 5.82 Å². The molecule has 0 radical (unpaired) electrons. The molecule has 1 aromatic rings. The topological polar surface area (TPSA) is 89.3 Å². The summed E-state index contributed by atoms with van der Waals surface area (Å²) in [6, 6.07) is 2.95. The first kappa shape index (κ1) is 10.5. The van der Waals surface area contributed by atoms with Gasteiger partial charge < -0.3 is 16.6 Å². The number of halogens is 1. The summed E-state index contributed by atoms with van der Waals surface area (Å²) in [6.07, 6.45) is -0.270. The van der Waals surface area contributed by atoms with Crippen molar-refractivity contribution in [1.82, 2.24) is 0 Å². The number of rotatable bonds is 3. The Morgan fingerprint density at radius 1 is 1.57 bits per heavy atom. The van der Waals surface area contributed by atoms with Gasteiger partial charge in [0.25, 0.3) is 0 Å². The van der Waals surface area contributed by atoms with Gasteiger partial charge >= 0.3 is 5.97 Å². The van der Waals surface area contributed by atoms with E-state index < -0.39 is 17.8 Å². The zero-order chi connectivity index (χ0) is 10.7. The van der Waals surface area contributed by atoms with Gasteiger partial charge in [0.2, 0.25) is 0 Å². The summed E-state index contributed by atoms with van der Waals surface area (Å²) in [6.45, 7) is 0. The number of hydrogen-bond acceptors (Lipinski definition) is 3. The molecule has 1 unspecified atom stereocenters. The third-order valence-electron chi connectivity index (χ3n) is 1.84. The fourth-order valence-electron chi connectivity index (χ4n) is 1.16. The van der Waals surface area contributed by atoms with E-state index in [0.717, 1.165) is 6.07 Å². The smallest absolute Gasteiger partial charge is 0.305 e. The molecule has 0 heterocycles. The van der Waals surface area contributed by atoms with E-state index >= 15 is 0 Å². The highest BCUT2D eigenvalue weighted by molar-refractivity contribution is 5.68. The number of carboxylic acid groups (broad SMARTS) is 1. The summed E-state index contributed by atoms with van der Waals surface area (Å²) in [5.41, 5.74) is 11.7. The molecule has 0 saturated carbocycles. The van der Waals surface area contributed by atoms with Crippen LogP contribution in [0.5, 0.6) is 0 Å². The molecule has 5 N–H and O–H groups in total. The minimum atomic E-state index is -1.04. The zero-order valence-electron chi connectivity index (χ0n) is 7.40. The van der Waals surface area contributed by atoms with Gasteiger partial charge in [0.15, 0.2) is 0 Å². The summed E-state index contributed by atoms with van der Waals surface area (Å²) in [4.78, 5) is 10.4. The van der Waals surface area contributed by atoms with Crippen LogP contribution in [0.1, 0.15) is 18.0 Å². The molecular weight excluding hydrogens is 187 g/mol. The lowest BCUT2D eigenvalue weighted by atomic mass is 10.0. The normalized spacial score (nSPS) is 12.4. The monoisotopic (exact) mass is 198 g/mol. The van der Waals surface area contributed by atoms with Crippen LogP contribution in [0.25, 0.3) is 0 Å². The minimum absolute atomic E-state index is 0.270. The maximum absolute atomic E-state index is 12.8. The lowest BCUT2D eigenvalue weighted by molar-refractivity contribution is -0.137. The molecule has 0 fully saturated rings. The van der Waals surface area contributed by atoms with Crippen LogP contribution < -0.4 is 11.5 Å². The van der Waals surface area contributed by atoms with Crippen LogP contribution in [0.2, 0.25) is 0 Å². The Balaban J connectivity index is 2.93. The van der Waals surface area contributed by atoms with Gasteiger partial charge in [0.05, 0.1) is 6.42 Å². The summed E-state index contributed by atoms with van der Waals surface area (Å²) < 4.78 is 12.8. The fourth-order valence-corrected chi connectivity index (χ4v) is 1.16. The maximum atomic E-state index is 12.8. The Bertz CT molecular complexity index is 355. The average molecular weight is 198 g/mol. The van der Waals surface area contributed by atoms with E-state index in [4.69, 9.17) is 16.6 Å². The molecule has 1 atom stereocenters. The van der Waals surface area contributed by atoms with Gasteiger partial charge in [-0.25, -0.2) is 4.39 Å². The molecule has 0 saturated heterocycles. The largest absolute Gasteiger partial charge is 0.481 e. The highest BCUT2D eigenvalue weighted by Crippen LogP contribution is 2.21. The zero-order valence-corrected chi connectivity index (χ0v) is 7.40. The molecule has 0 spiro atoms. The summed E-state index contributed by atoms with van der Waals surface area (Å²) in [5, 5.41) is 8.49. The lowest BCUT2D eigenvalue weighted by Gasteiger charge is -2.11. The second kappa shape index (κ2) is 4.06. The molecule has 0 amide bonds. The highest BCUT2D eigenvalue weighted by Gasteiger charge is 2.13. The maximum Gasteiger partial charge on any atom is 0.305 e.